The van der Waals surface area contributed by atoms with Gasteiger partial charge in [-0.1, -0.05) is 12.1 Å². The van der Waals surface area contributed by atoms with Crippen LogP contribution in [-0.4, -0.2) is 26.9 Å². The first kappa shape index (κ1) is 14.4. The Hall–Kier alpha value is -1.06. The molecule has 1 unspecified atom stereocenters. The van der Waals surface area contributed by atoms with E-state index < -0.39 is 0 Å². The van der Waals surface area contributed by atoms with E-state index in [-0.39, 0.29) is 0 Å². The Labute approximate surface area is 116 Å². The van der Waals surface area contributed by atoms with Gasteiger partial charge in [-0.25, -0.2) is 0 Å². The predicted octanol–water partition coefficient (Wildman–Crippen LogP) is 3.16. The minimum absolute atomic E-state index is 0.429. The zero-order valence-corrected chi connectivity index (χ0v) is 12.0. The van der Waals surface area contributed by atoms with Crippen LogP contribution in [0.15, 0.2) is 24.3 Å². The van der Waals surface area contributed by atoms with E-state index in [4.69, 9.17) is 9.47 Å². The molecule has 1 N–H and O–H groups in total. The number of ether oxygens (including phenoxy) is 2. The molecule has 0 bridgehead atoms. The maximum atomic E-state index is 5.49. The van der Waals surface area contributed by atoms with Crippen molar-refractivity contribution in [2.45, 2.75) is 32.2 Å². The molecule has 1 heterocycles. The van der Waals surface area contributed by atoms with E-state index >= 15 is 0 Å². The lowest BCUT2D eigenvalue weighted by Gasteiger charge is -2.26. The van der Waals surface area contributed by atoms with Crippen molar-refractivity contribution in [1.82, 2.24) is 5.32 Å². The molecule has 1 aliphatic heterocycles. The van der Waals surface area contributed by atoms with Crippen molar-refractivity contribution in [3.8, 4) is 5.75 Å². The highest BCUT2D eigenvalue weighted by Gasteiger charge is 2.19. The van der Waals surface area contributed by atoms with Crippen molar-refractivity contribution in [2.75, 3.05) is 26.9 Å². The molecule has 0 saturated carbocycles. The first-order valence-corrected chi connectivity index (χ1v) is 7.31. The third-order valence-corrected chi connectivity index (χ3v) is 3.85. The number of rotatable bonds is 6. The van der Waals surface area contributed by atoms with Gasteiger partial charge in [0, 0.05) is 19.3 Å². The van der Waals surface area contributed by atoms with Gasteiger partial charge < -0.3 is 14.8 Å². The second kappa shape index (κ2) is 7.51. The Morgan fingerprint density at radius 1 is 1.26 bits per heavy atom. The van der Waals surface area contributed by atoms with Gasteiger partial charge in [-0.2, -0.15) is 0 Å². The molecule has 19 heavy (non-hydrogen) atoms. The molecular formula is C16H25NO2. The molecule has 1 fully saturated rings. The van der Waals surface area contributed by atoms with Crippen LogP contribution in [0.5, 0.6) is 5.75 Å². The Bertz CT molecular complexity index is 358. The van der Waals surface area contributed by atoms with E-state index in [1.807, 2.05) is 14.0 Å². The Kier molecular flexibility index (Phi) is 5.67. The Morgan fingerprint density at radius 2 is 1.95 bits per heavy atom. The molecule has 2 rings (SSSR count). The van der Waals surface area contributed by atoms with Crippen LogP contribution in [0.25, 0.3) is 0 Å². The smallest absolute Gasteiger partial charge is 0.119 e. The summed E-state index contributed by atoms with van der Waals surface area (Å²) in [6.45, 7) is 4.57. The molecule has 1 aromatic rings. The van der Waals surface area contributed by atoms with E-state index in [0.717, 1.165) is 31.5 Å². The van der Waals surface area contributed by atoms with Gasteiger partial charge >= 0.3 is 0 Å². The van der Waals surface area contributed by atoms with Crippen LogP contribution in [0.3, 0.4) is 0 Å². The monoisotopic (exact) mass is 263 g/mol. The third kappa shape index (κ3) is 4.22. The number of nitrogens with one attached hydrogen (secondary N) is 1. The molecule has 106 valence electrons. The van der Waals surface area contributed by atoms with Crippen LogP contribution in [0.1, 0.15) is 37.8 Å². The molecule has 1 aromatic carbocycles. The van der Waals surface area contributed by atoms with Crippen LogP contribution in [0.4, 0.5) is 0 Å². The van der Waals surface area contributed by atoms with E-state index in [9.17, 15) is 0 Å². The summed E-state index contributed by atoms with van der Waals surface area (Å²) in [5, 5.41) is 3.44. The lowest BCUT2D eigenvalue weighted by Crippen LogP contribution is -2.23. The molecule has 3 heteroatoms. The number of benzene rings is 1. The molecule has 0 amide bonds. The van der Waals surface area contributed by atoms with Gasteiger partial charge in [-0.15, -0.1) is 0 Å². The SMILES string of the molecule is CCOc1ccc(C(CC2CCOCC2)NC)cc1. The van der Waals surface area contributed by atoms with Crippen molar-refractivity contribution in [3.63, 3.8) is 0 Å². The molecule has 0 spiro atoms. The van der Waals surface area contributed by atoms with Gasteiger partial charge in [0.25, 0.3) is 0 Å². The minimum Gasteiger partial charge on any atom is -0.494 e. The lowest BCUT2D eigenvalue weighted by atomic mass is 9.89. The topological polar surface area (TPSA) is 30.5 Å². The average molecular weight is 263 g/mol. The van der Waals surface area contributed by atoms with E-state index in [0.29, 0.717) is 6.04 Å². The summed E-state index contributed by atoms with van der Waals surface area (Å²) in [7, 11) is 2.04. The molecule has 0 radical (unpaired) electrons. The van der Waals surface area contributed by atoms with E-state index in [1.54, 1.807) is 0 Å². The van der Waals surface area contributed by atoms with Crippen molar-refractivity contribution in [2.24, 2.45) is 5.92 Å². The number of hydrogen-bond acceptors (Lipinski definition) is 3. The summed E-state index contributed by atoms with van der Waals surface area (Å²) < 4.78 is 10.9. The van der Waals surface area contributed by atoms with Gasteiger partial charge in [0.15, 0.2) is 0 Å². The number of hydrogen-bond donors (Lipinski definition) is 1. The second-order valence-electron chi connectivity index (χ2n) is 5.13. The fourth-order valence-electron chi connectivity index (χ4n) is 2.70. The summed E-state index contributed by atoms with van der Waals surface area (Å²) in [6.07, 6.45) is 3.57. The quantitative estimate of drug-likeness (QED) is 0.855. The normalized spacial score (nSPS) is 18.2. The lowest BCUT2D eigenvalue weighted by molar-refractivity contribution is 0.0608. The Morgan fingerprint density at radius 3 is 2.53 bits per heavy atom. The van der Waals surface area contributed by atoms with Crippen molar-refractivity contribution in [1.29, 1.82) is 0 Å². The van der Waals surface area contributed by atoms with Gasteiger partial charge in [-0.3, -0.25) is 0 Å². The zero-order chi connectivity index (χ0) is 13.5. The summed E-state index contributed by atoms with van der Waals surface area (Å²) in [5.74, 6) is 1.73. The first-order chi connectivity index (χ1) is 9.33. The van der Waals surface area contributed by atoms with Gasteiger partial charge in [0.2, 0.25) is 0 Å². The van der Waals surface area contributed by atoms with Gasteiger partial charge in [0.1, 0.15) is 5.75 Å². The van der Waals surface area contributed by atoms with Crippen LogP contribution in [0, 0.1) is 5.92 Å². The van der Waals surface area contributed by atoms with Crippen LogP contribution in [0.2, 0.25) is 0 Å². The summed E-state index contributed by atoms with van der Waals surface area (Å²) in [4.78, 5) is 0. The highest BCUT2D eigenvalue weighted by Crippen LogP contribution is 2.28. The van der Waals surface area contributed by atoms with Gasteiger partial charge in [-0.05, 0) is 56.8 Å². The Balaban J connectivity index is 1.95. The molecule has 1 saturated heterocycles. The average Bonchev–Trinajstić information content (AvgIpc) is 2.47. The fourth-order valence-corrected chi connectivity index (χ4v) is 2.70. The van der Waals surface area contributed by atoms with Crippen LogP contribution in [-0.2, 0) is 4.74 Å². The standard InChI is InChI=1S/C16H25NO2/c1-3-19-15-6-4-14(5-7-15)16(17-2)12-13-8-10-18-11-9-13/h4-7,13,16-17H,3,8-12H2,1-2H3. The van der Waals surface area contributed by atoms with Crippen LogP contribution >= 0.6 is 0 Å². The highest BCUT2D eigenvalue weighted by molar-refractivity contribution is 5.29. The highest BCUT2D eigenvalue weighted by atomic mass is 16.5. The molecule has 1 aliphatic rings. The summed E-state index contributed by atoms with van der Waals surface area (Å²) in [6, 6.07) is 8.90. The second-order valence-corrected chi connectivity index (χ2v) is 5.13. The molecule has 0 aromatic heterocycles. The molecule has 1 atom stereocenters. The molecular weight excluding hydrogens is 238 g/mol. The first-order valence-electron chi connectivity index (χ1n) is 7.31. The zero-order valence-electron chi connectivity index (χ0n) is 12.0. The maximum absolute atomic E-state index is 5.49. The minimum atomic E-state index is 0.429. The van der Waals surface area contributed by atoms with Crippen LogP contribution < -0.4 is 10.1 Å². The van der Waals surface area contributed by atoms with Gasteiger partial charge in [0.05, 0.1) is 6.61 Å². The fraction of sp³-hybridized carbons (Fsp3) is 0.625. The third-order valence-electron chi connectivity index (χ3n) is 3.85. The van der Waals surface area contributed by atoms with Crippen molar-refractivity contribution in [3.05, 3.63) is 29.8 Å². The van der Waals surface area contributed by atoms with Crippen molar-refractivity contribution >= 4 is 0 Å². The largest absolute Gasteiger partial charge is 0.494 e. The summed E-state index contributed by atoms with van der Waals surface area (Å²) in [5.41, 5.74) is 1.34. The van der Waals surface area contributed by atoms with E-state index in [1.165, 1.54) is 24.8 Å². The van der Waals surface area contributed by atoms with E-state index in [2.05, 4.69) is 29.6 Å². The summed E-state index contributed by atoms with van der Waals surface area (Å²) >= 11 is 0. The predicted molar refractivity (Wildman–Crippen MR) is 77.6 cm³/mol. The van der Waals surface area contributed by atoms with Crippen molar-refractivity contribution < 1.29 is 9.47 Å². The molecule has 0 aliphatic carbocycles. The molecule has 3 nitrogen and oxygen atoms in total. The maximum Gasteiger partial charge on any atom is 0.119 e.